The zero-order valence-corrected chi connectivity index (χ0v) is 30.3. The Kier molecular flexibility index (Phi) is 17.5. The van der Waals surface area contributed by atoms with Crippen LogP contribution < -0.4 is 21.7 Å². The van der Waals surface area contributed by atoms with E-state index in [2.05, 4.69) is 47.0 Å². The fraction of sp³-hybridized carbons (Fsp3) is 0.788. The predicted molar refractivity (Wildman–Crippen MR) is 184 cm³/mol. The fourth-order valence-corrected chi connectivity index (χ4v) is 6.10. The van der Waals surface area contributed by atoms with E-state index in [1.165, 1.54) is 22.0 Å². The van der Waals surface area contributed by atoms with Crippen molar-refractivity contribution in [3.8, 4) is 0 Å². The lowest BCUT2D eigenvalue weighted by Gasteiger charge is -2.21. The van der Waals surface area contributed by atoms with Crippen LogP contribution in [0.15, 0.2) is 12.7 Å². The van der Waals surface area contributed by atoms with Crippen molar-refractivity contribution in [2.45, 2.75) is 141 Å². The minimum absolute atomic E-state index is 0.000291. The number of nitrogens with zero attached hydrogens (tertiary/aromatic N) is 8. The number of nitrogens with two attached hydrogens (primary N) is 1. The van der Waals surface area contributed by atoms with Crippen LogP contribution in [0.1, 0.15) is 111 Å². The molecule has 2 heterocycles. The summed E-state index contributed by atoms with van der Waals surface area (Å²) in [6, 6.07) is -1.07. The van der Waals surface area contributed by atoms with E-state index in [-0.39, 0.29) is 48.3 Å². The molecule has 0 spiro atoms. The summed E-state index contributed by atoms with van der Waals surface area (Å²) in [5.74, 6) is -0.214. The maximum Gasteiger partial charge on any atom is 0.407 e. The van der Waals surface area contributed by atoms with Crippen LogP contribution in [0.3, 0.4) is 0 Å². The van der Waals surface area contributed by atoms with Crippen LogP contribution in [0, 0.1) is 11.8 Å². The van der Waals surface area contributed by atoms with Crippen molar-refractivity contribution in [3.63, 3.8) is 0 Å². The van der Waals surface area contributed by atoms with Crippen LogP contribution in [-0.4, -0.2) is 101 Å². The number of nitrogens with one attached hydrogen (secondary N) is 3. The Morgan fingerprint density at radius 1 is 0.745 bits per heavy atom. The Bertz CT molecular complexity index is 1340. The van der Waals surface area contributed by atoms with E-state index in [0.29, 0.717) is 38.8 Å². The first-order chi connectivity index (χ1) is 24.4. The van der Waals surface area contributed by atoms with Crippen molar-refractivity contribution >= 4 is 29.5 Å². The summed E-state index contributed by atoms with van der Waals surface area (Å²) in [7, 11) is 0. The molecule has 18 heteroatoms. The highest BCUT2D eigenvalue weighted by molar-refractivity contribution is 5.90. The minimum atomic E-state index is -0.589. The molecular weight excluding hydrogens is 660 g/mol. The largest absolute Gasteiger partial charge is 0.444 e. The summed E-state index contributed by atoms with van der Waals surface area (Å²) in [6.07, 6.45) is 14.3. The molecule has 0 saturated heterocycles. The Morgan fingerprint density at radius 3 is 1.59 bits per heavy atom. The normalized spacial score (nSPS) is 16.1. The first-order valence-electron chi connectivity index (χ1n) is 18.2. The number of carbonyl (C=O) groups is 5. The maximum absolute atomic E-state index is 12.7. The number of ketones is 2. The van der Waals surface area contributed by atoms with Crippen LogP contribution in [0.4, 0.5) is 4.79 Å². The van der Waals surface area contributed by atoms with Crippen molar-refractivity contribution < 1.29 is 28.7 Å². The lowest BCUT2D eigenvalue weighted by molar-refractivity contribution is -0.130. The SMILES string of the molecule is CC(C)(C)OC(=O)NCCCC[C@H](NC(=O)C1CCCC1)C(=O)Cn1cnnn1.NCCCC[C@H](NC(=O)C1CCCC1)C(=O)Cn1cnnn1. The summed E-state index contributed by atoms with van der Waals surface area (Å²) in [5.41, 5.74) is 4.96. The van der Waals surface area contributed by atoms with Gasteiger partial charge in [0.25, 0.3) is 0 Å². The van der Waals surface area contributed by atoms with Crippen molar-refractivity contribution in [1.29, 1.82) is 0 Å². The number of ether oxygens (including phenoxy) is 1. The highest BCUT2D eigenvalue weighted by Crippen LogP contribution is 2.26. The second-order valence-electron chi connectivity index (χ2n) is 14.2. The van der Waals surface area contributed by atoms with Gasteiger partial charge in [-0.3, -0.25) is 19.2 Å². The molecule has 2 fully saturated rings. The lowest BCUT2D eigenvalue weighted by atomic mass is 10.0. The van der Waals surface area contributed by atoms with E-state index in [1.807, 2.05) is 0 Å². The van der Waals surface area contributed by atoms with Gasteiger partial charge < -0.3 is 26.4 Å². The van der Waals surface area contributed by atoms with E-state index < -0.39 is 23.8 Å². The summed E-state index contributed by atoms with van der Waals surface area (Å²) < 4.78 is 7.91. The van der Waals surface area contributed by atoms with Gasteiger partial charge in [0.15, 0.2) is 11.6 Å². The molecular formula is C33H56N12O6. The van der Waals surface area contributed by atoms with E-state index in [1.54, 1.807) is 20.8 Å². The monoisotopic (exact) mass is 716 g/mol. The zero-order valence-electron chi connectivity index (χ0n) is 30.3. The molecule has 0 radical (unpaired) electrons. The molecule has 0 unspecified atom stereocenters. The van der Waals surface area contributed by atoms with Crippen LogP contribution in [0.25, 0.3) is 0 Å². The third kappa shape index (κ3) is 16.0. The van der Waals surface area contributed by atoms with Crippen LogP contribution in [-0.2, 0) is 37.0 Å². The smallest absolute Gasteiger partial charge is 0.407 e. The van der Waals surface area contributed by atoms with Gasteiger partial charge in [-0.05, 0) is 112 Å². The maximum atomic E-state index is 12.7. The predicted octanol–water partition coefficient (Wildman–Crippen LogP) is 1.66. The van der Waals surface area contributed by atoms with Gasteiger partial charge in [0.2, 0.25) is 11.8 Å². The first kappa shape index (κ1) is 41.1. The zero-order chi connectivity index (χ0) is 37.1. The van der Waals surface area contributed by atoms with E-state index in [0.717, 1.165) is 64.2 Å². The van der Waals surface area contributed by atoms with Crippen molar-refractivity contribution in [3.05, 3.63) is 12.7 Å². The van der Waals surface area contributed by atoms with Crippen molar-refractivity contribution in [2.24, 2.45) is 17.6 Å². The number of alkyl carbamates (subject to hydrolysis) is 1. The van der Waals surface area contributed by atoms with E-state index in [9.17, 15) is 24.0 Å². The Hall–Kier alpha value is -4.35. The number of Topliss-reactive ketones (excluding diaryl/α,β-unsaturated/α-hetero) is 2. The highest BCUT2D eigenvalue weighted by atomic mass is 16.6. The molecule has 0 aliphatic heterocycles. The third-order valence-corrected chi connectivity index (χ3v) is 8.82. The lowest BCUT2D eigenvalue weighted by Crippen LogP contribution is -2.44. The number of amides is 3. The van der Waals surface area contributed by atoms with Gasteiger partial charge in [0.05, 0.1) is 12.1 Å². The molecule has 2 atom stereocenters. The number of rotatable bonds is 19. The van der Waals surface area contributed by atoms with Gasteiger partial charge in [0.1, 0.15) is 31.3 Å². The van der Waals surface area contributed by atoms with E-state index in [4.69, 9.17) is 10.5 Å². The van der Waals surface area contributed by atoms with Gasteiger partial charge in [-0.2, -0.15) is 0 Å². The molecule has 2 aromatic rings. The van der Waals surface area contributed by atoms with Gasteiger partial charge in [0, 0.05) is 18.4 Å². The topological polar surface area (TPSA) is 244 Å². The van der Waals surface area contributed by atoms with Gasteiger partial charge >= 0.3 is 6.09 Å². The average Bonchev–Trinajstić information content (AvgIpc) is 3.91. The number of hydrogen-bond acceptors (Lipinski definition) is 13. The molecule has 2 aliphatic carbocycles. The second-order valence-corrected chi connectivity index (χ2v) is 14.2. The quantitative estimate of drug-likeness (QED) is 0.151. The Labute approximate surface area is 299 Å². The third-order valence-electron chi connectivity index (χ3n) is 8.82. The number of unbranched alkanes of at least 4 members (excludes halogenated alkanes) is 2. The molecule has 2 saturated carbocycles. The van der Waals surface area contributed by atoms with Crippen LogP contribution in [0.5, 0.6) is 0 Å². The number of carbonyl (C=O) groups excluding carboxylic acids is 5. The number of hydrogen-bond donors (Lipinski definition) is 4. The van der Waals surface area contributed by atoms with Gasteiger partial charge in [-0.15, -0.1) is 10.2 Å². The summed E-state index contributed by atoms with van der Waals surface area (Å²) in [4.78, 5) is 61.5. The van der Waals surface area contributed by atoms with Gasteiger partial charge in [-0.25, -0.2) is 14.2 Å². The van der Waals surface area contributed by atoms with E-state index >= 15 is 0 Å². The van der Waals surface area contributed by atoms with Gasteiger partial charge in [-0.1, -0.05) is 25.7 Å². The molecule has 51 heavy (non-hydrogen) atoms. The molecule has 5 N–H and O–H groups in total. The molecule has 2 aliphatic rings. The van der Waals surface area contributed by atoms with Crippen LogP contribution in [0.2, 0.25) is 0 Å². The molecule has 284 valence electrons. The average molecular weight is 717 g/mol. The Balaban J connectivity index is 0.000000286. The highest BCUT2D eigenvalue weighted by Gasteiger charge is 2.29. The fourth-order valence-electron chi connectivity index (χ4n) is 6.10. The molecule has 3 amide bonds. The van der Waals surface area contributed by atoms with Crippen LogP contribution >= 0.6 is 0 Å². The molecule has 4 rings (SSSR count). The standard InChI is InChI=1S/C19H32N6O4.C14H24N6O2/c1-19(2,3)29-18(28)20-11-7-6-10-15(16(26)12-25-13-21-23-24-25)22-17(27)14-8-4-5-9-14;15-8-4-3-7-12(13(21)9-20-10-16-18-19-20)17-14(22)11-5-1-2-6-11/h13-15H,4-12H2,1-3H3,(H,20,28)(H,22,27);10-12H,1-9,15H2,(H,17,22)/t15-;12-/m00/s1. The molecule has 0 aromatic carbocycles. The second kappa shape index (κ2) is 21.8. The summed E-state index contributed by atoms with van der Waals surface area (Å²) in [5, 5.41) is 30.0. The first-order valence-corrected chi connectivity index (χ1v) is 18.2. The Morgan fingerprint density at radius 2 is 1.20 bits per heavy atom. The minimum Gasteiger partial charge on any atom is -0.444 e. The van der Waals surface area contributed by atoms with Crippen molar-refractivity contribution in [1.82, 2.24) is 56.4 Å². The number of aromatic nitrogens is 8. The molecule has 0 bridgehead atoms. The molecule has 18 nitrogen and oxygen atoms in total. The summed E-state index contributed by atoms with van der Waals surface area (Å²) in [6.45, 7) is 6.54. The van der Waals surface area contributed by atoms with Crippen molar-refractivity contribution in [2.75, 3.05) is 13.1 Å². The number of tetrazole rings is 2. The molecule has 2 aromatic heterocycles. The summed E-state index contributed by atoms with van der Waals surface area (Å²) >= 11 is 0.